The molecule has 4 rings (SSSR count). The van der Waals surface area contributed by atoms with Gasteiger partial charge in [0, 0.05) is 26.2 Å². The second-order valence-electron chi connectivity index (χ2n) is 10.7. The Hall–Kier alpha value is -1.82. The standard InChI is InChI=1S/C23H33ClN4O2/c1-15-11-17(26-30-15)19-18(20(24)27(5)25-19)21(29)28-10-9-23(14-28)12-16(13-23)7-6-8-22(2,3)4/h11,16H,6-10,12-14H2,1-5H3/t16-,23+. The highest BCUT2D eigenvalue weighted by Crippen LogP contribution is 2.53. The molecule has 2 fully saturated rings. The van der Waals surface area contributed by atoms with Gasteiger partial charge in [0.15, 0.2) is 0 Å². The van der Waals surface area contributed by atoms with E-state index >= 15 is 0 Å². The van der Waals surface area contributed by atoms with E-state index in [4.69, 9.17) is 16.1 Å². The summed E-state index contributed by atoms with van der Waals surface area (Å²) >= 11 is 6.47. The molecule has 6 nitrogen and oxygen atoms in total. The number of carbonyl (C=O) groups excluding carboxylic acids is 1. The minimum Gasteiger partial charge on any atom is -0.361 e. The Kier molecular flexibility index (Phi) is 5.50. The Morgan fingerprint density at radius 2 is 2.10 bits per heavy atom. The van der Waals surface area contributed by atoms with Crippen molar-refractivity contribution in [2.75, 3.05) is 13.1 Å². The number of nitrogens with zero attached hydrogens (tertiary/aromatic N) is 4. The molecule has 7 heteroatoms. The van der Waals surface area contributed by atoms with Crippen molar-refractivity contribution in [3.8, 4) is 11.4 Å². The van der Waals surface area contributed by atoms with Crippen molar-refractivity contribution in [1.82, 2.24) is 19.8 Å². The van der Waals surface area contributed by atoms with Crippen LogP contribution in [0.25, 0.3) is 11.4 Å². The zero-order valence-electron chi connectivity index (χ0n) is 18.8. The Labute approximate surface area is 183 Å². The van der Waals surface area contributed by atoms with Crippen LogP contribution in [-0.4, -0.2) is 38.8 Å². The molecular formula is C23H33ClN4O2. The highest BCUT2D eigenvalue weighted by atomic mass is 35.5. The predicted molar refractivity (Wildman–Crippen MR) is 117 cm³/mol. The highest BCUT2D eigenvalue weighted by Gasteiger charge is 2.49. The van der Waals surface area contributed by atoms with Crippen molar-refractivity contribution >= 4 is 17.5 Å². The maximum Gasteiger partial charge on any atom is 0.259 e. The van der Waals surface area contributed by atoms with Gasteiger partial charge in [0.25, 0.3) is 5.91 Å². The minimum absolute atomic E-state index is 0.0446. The van der Waals surface area contributed by atoms with Crippen LogP contribution in [0.4, 0.5) is 0 Å². The number of halogens is 1. The summed E-state index contributed by atoms with van der Waals surface area (Å²) in [5.41, 5.74) is 2.21. The second kappa shape index (κ2) is 7.70. The average molecular weight is 433 g/mol. The smallest absolute Gasteiger partial charge is 0.259 e. The average Bonchev–Trinajstić information content (AvgIpc) is 3.32. The molecule has 0 bridgehead atoms. The van der Waals surface area contributed by atoms with E-state index in [9.17, 15) is 4.79 Å². The van der Waals surface area contributed by atoms with E-state index in [2.05, 4.69) is 31.0 Å². The lowest BCUT2D eigenvalue weighted by molar-refractivity contribution is 0.0484. The van der Waals surface area contributed by atoms with Crippen molar-refractivity contribution in [2.45, 2.75) is 66.2 Å². The lowest BCUT2D eigenvalue weighted by Gasteiger charge is -2.45. The molecule has 2 aromatic heterocycles. The monoisotopic (exact) mass is 432 g/mol. The van der Waals surface area contributed by atoms with Gasteiger partial charge < -0.3 is 9.42 Å². The molecule has 1 saturated heterocycles. The van der Waals surface area contributed by atoms with Gasteiger partial charge in [-0.05, 0) is 49.4 Å². The van der Waals surface area contributed by atoms with E-state index in [0.717, 1.165) is 25.4 Å². The van der Waals surface area contributed by atoms with Crippen LogP contribution < -0.4 is 0 Å². The Bertz CT molecular complexity index is 934. The van der Waals surface area contributed by atoms with Crippen LogP contribution in [0, 0.1) is 23.7 Å². The molecule has 3 heterocycles. The number of hydrogen-bond donors (Lipinski definition) is 0. The molecule has 0 unspecified atom stereocenters. The first-order valence-corrected chi connectivity index (χ1v) is 11.4. The van der Waals surface area contributed by atoms with Gasteiger partial charge in [0.1, 0.15) is 27.9 Å². The molecule has 1 aliphatic carbocycles. The lowest BCUT2D eigenvalue weighted by atomic mass is 9.60. The molecule has 1 aliphatic heterocycles. The van der Waals surface area contributed by atoms with Crippen LogP contribution in [0.5, 0.6) is 0 Å². The number of amides is 1. The van der Waals surface area contributed by atoms with Gasteiger partial charge >= 0.3 is 0 Å². The van der Waals surface area contributed by atoms with Crippen LogP contribution in [0.1, 0.15) is 75.4 Å². The number of aryl methyl sites for hydroxylation is 2. The Morgan fingerprint density at radius 3 is 2.73 bits per heavy atom. The van der Waals surface area contributed by atoms with Gasteiger partial charge in [-0.2, -0.15) is 5.10 Å². The molecule has 1 saturated carbocycles. The van der Waals surface area contributed by atoms with Crippen LogP contribution in [0.2, 0.25) is 5.15 Å². The summed E-state index contributed by atoms with van der Waals surface area (Å²) in [6.07, 6.45) is 7.49. The van der Waals surface area contributed by atoms with E-state index in [-0.39, 0.29) is 5.91 Å². The van der Waals surface area contributed by atoms with E-state index in [0.29, 0.717) is 38.7 Å². The fourth-order valence-electron chi connectivity index (χ4n) is 5.24. The fourth-order valence-corrected chi connectivity index (χ4v) is 5.45. The van der Waals surface area contributed by atoms with Crippen LogP contribution in [0.15, 0.2) is 10.6 Å². The largest absolute Gasteiger partial charge is 0.361 e. The van der Waals surface area contributed by atoms with Crippen LogP contribution in [-0.2, 0) is 7.05 Å². The second-order valence-corrected chi connectivity index (χ2v) is 11.0. The number of aromatic nitrogens is 3. The van der Waals surface area contributed by atoms with Crippen LogP contribution >= 0.6 is 11.6 Å². The van der Waals surface area contributed by atoms with E-state index < -0.39 is 0 Å². The number of likely N-dealkylation sites (tertiary alicyclic amines) is 1. The van der Waals surface area contributed by atoms with Gasteiger partial charge in [-0.3, -0.25) is 9.48 Å². The predicted octanol–water partition coefficient (Wildman–Crippen LogP) is 5.50. The zero-order valence-corrected chi connectivity index (χ0v) is 19.6. The topological polar surface area (TPSA) is 64.2 Å². The van der Waals surface area contributed by atoms with E-state index in [1.807, 2.05) is 11.8 Å². The summed E-state index contributed by atoms with van der Waals surface area (Å²) in [6, 6.07) is 1.79. The first-order chi connectivity index (χ1) is 14.1. The normalized spacial score (nSPS) is 23.9. The van der Waals surface area contributed by atoms with Gasteiger partial charge in [0.05, 0.1) is 0 Å². The summed E-state index contributed by atoms with van der Waals surface area (Å²) in [5, 5.41) is 8.83. The molecule has 164 valence electrons. The quantitative estimate of drug-likeness (QED) is 0.626. The number of carbonyl (C=O) groups is 1. The molecule has 1 amide bonds. The lowest BCUT2D eigenvalue weighted by Crippen LogP contribution is -2.41. The van der Waals surface area contributed by atoms with E-state index in [1.54, 1.807) is 13.1 Å². The summed E-state index contributed by atoms with van der Waals surface area (Å²) in [4.78, 5) is 15.4. The first kappa shape index (κ1) is 21.4. The Morgan fingerprint density at radius 1 is 1.37 bits per heavy atom. The van der Waals surface area contributed by atoms with Crippen molar-refractivity contribution < 1.29 is 9.32 Å². The highest BCUT2D eigenvalue weighted by molar-refractivity contribution is 6.33. The summed E-state index contributed by atoms with van der Waals surface area (Å²) in [7, 11) is 1.75. The zero-order chi connectivity index (χ0) is 21.7. The third kappa shape index (κ3) is 4.16. The van der Waals surface area contributed by atoms with Gasteiger partial charge in [-0.25, -0.2) is 0 Å². The maximum atomic E-state index is 13.4. The minimum atomic E-state index is -0.0446. The summed E-state index contributed by atoms with van der Waals surface area (Å²) in [6.45, 7) is 10.4. The third-order valence-electron chi connectivity index (χ3n) is 6.77. The van der Waals surface area contributed by atoms with Crippen molar-refractivity contribution in [3.05, 3.63) is 22.5 Å². The van der Waals surface area contributed by atoms with Crippen molar-refractivity contribution in [1.29, 1.82) is 0 Å². The molecular weight excluding hydrogens is 400 g/mol. The molecule has 1 spiro atoms. The summed E-state index contributed by atoms with van der Waals surface area (Å²) in [5.74, 6) is 1.45. The first-order valence-electron chi connectivity index (χ1n) is 11.0. The molecule has 30 heavy (non-hydrogen) atoms. The third-order valence-corrected chi connectivity index (χ3v) is 7.20. The fraction of sp³-hybridized carbons (Fsp3) is 0.696. The van der Waals surface area contributed by atoms with Gasteiger partial charge in [0.2, 0.25) is 0 Å². The molecule has 0 N–H and O–H groups in total. The maximum absolute atomic E-state index is 13.4. The molecule has 2 aromatic rings. The SMILES string of the molecule is Cc1cc(-c2nn(C)c(Cl)c2C(=O)N2CC[C@]3(C2)C[C@@H](CCCC(C)(C)C)C3)no1. The van der Waals surface area contributed by atoms with Crippen LogP contribution in [0.3, 0.4) is 0 Å². The molecule has 0 atom stereocenters. The van der Waals surface area contributed by atoms with E-state index in [1.165, 1.54) is 36.8 Å². The van der Waals surface area contributed by atoms with Gasteiger partial charge in [-0.15, -0.1) is 0 Å². The summed E-state index contributed by atoms with van der Waals surface area (Å²) < 4.78 is 6.72. The molecule has 0 aromatic carbocycles. The molecule has 2 aliphatic rings. The van der Waals surface area contributed by atoms with Gasteiger partial charge in [-0.1, -0.05) is 50.4 Å². The van der Waals surface area contributed by atoms with Crippen molar-refractivity contribution in [2.24, 2.45) is 23.8 Å². The number of hydrogen-bond acceptors (Lipinski definition) is 4. The number of rotatable bonds is 5. The Balaban J connectivity index is 1.41. The molecule has 0 radical (unpaired) electrons. The van der Waals surface area contributed by atoms with Crippen molar-refractivity contribution in [3.63, 3.8) is 0 Å².